The van der Waals surface area contributed by atoms with E-state index in [2.05, 4.69) is 64.2 Å². The minimum Gasteiger partial charge on any atom is -0.0589 e. The highest BCUT2D eigenvalue weighted by Gasteiger charge is 2.62. The van der Waals surface area contributed by atoms with Crippen molar-refractivity contribution in [2.45, 2.75) is 53.4 Å². The highest BCUT2D eigenvalue weighted by molar-refractivity contribution is 5.65. The molecule has 0 aromatic carbocycles. The molecule has 5 aliphatic rings. The highest BCUT2D eigenvalue weighted by atomic mass is 14.6. The van der Waals surface area contributed by atoms with Crippen LogP contribution in [0.25, 0.3) is 0 Å². The van der Waals surface area contributed by atoms with Crippen molar-refractivity contribution >= 4 is 0 Å². The van der Waals surface area contributed by atoms with Crippen molar-refractivity contribution < 1.29 is 0 Å². The second kappa shape index (κ2) is 4.54. The van der Waals surface area contributed by atoms with Gasteiger partial charge >= 0.3 is 0 Å². The maximum Gasteiger partial charge on any atom is 0.0271 e. The van der Waals surface area contributed by atoms with Crippen molar-refractivity contribution in [3.63, 3.8) is 0 Å². The summed E-state index contributed by atoms with van der Waals surface area (Å²) < 4.78 is 0. The SMILES string of the molecule is CC1=CC2=CC=C3C=C(C)C=C4C5CCCCC5C(=C1)C2(C)C34C. The fraction of sp³-hybridized carbons (Fsp3) is 0.500. The molecule has 5 aliphatic carbocycles. The molecule has 2 fully saturated rings. The van der Waals surface area contributed by atoms with Gasteiger partial charge in [0, 0.05) is 10.8 Å². The minimum atomic E-state index is 0.137. The zero-order valence-electron chi connectivity index (χ0n) is 15.4. The summed E-state index contributed by atoms with van der Waals surface area (Å²) in [5.41, 5.74) is 9.68. The molecule has 0 aromatic heterocycles. The van der Waals surface area contributed by atoms with Crippen LogP contribution in [0.5, 0.6) is 0 Å². The third kappa shape index (κ3) is 1.51. The van der Waals surface area contributed by atoms with Crippen LogP contribution in [0.3, 0.4) is 0 Å². The molecule has 0 aromatic rings. The van der Waals surface area contributed by atoms with Crippen molar-refractivity contribution in [2.75, 3.05) is 0 Å². The van der Waals surface area contributed by atoms with Gasteiger partial charge in [-0.1, -0.05) is 85.4 Å². The summed E-state index contributed by atoms with van der Waals surface area (Å²) in [5, 5.41) is 0. The molecule has 4 unspecified atom stereocenters. The lowest BCUT2D eigenvalue weighted by molar-refractivity contribution is 0.117. The Labute approximate surface area is 146 Å². The average molecular weight is 316 g/mol. The van der Waals surface area contributed by atoms with E-state index in [0.29, 0.717) is 0 Å². The quantitative estimate of drug-likeness (QED) is 0.481. The molecule has 5 rings (SSSR count). The Morgan fingerprint density at radius 3 is 1.54 bits per heavy atom. The van der Waals surface area contributed by atoms with Crippen LogP contribution in [0.4, 0.5) is 0 Å². The number of hydrogen-bond donors (Lipinski definition) is 0. The minimum absolute atomic E-state index is 0.137. The first kappa shape index (κ1) is 14.8. The molecule has 0 bridgehead atoms. The van der Waals surface area contributed by atoms with Crippen LogP contribution in [-0.4, -0.2) is 0 Å². The summed E-state index contributed by atoms with van der Waals surface area (Å²) in [6.07, 6.45) is 20.3. The Balaban J connectivity index is 1.86. The van der Waals surface area contributed by atoms with Crippen LogP contribution in [0.1, 0.15) is 53.4 Å². The van der Waals surface area contributed by atoms with E-state index in [4.69, 9.17) is 0 Å². The van der Waals surface area contributed by atoms with Crippen LogP contribution >= 0.6 is 0 Å². The van der Waals surface area contributed by atoms with E-state index in [0.717, 1.165) is 11.8 Å². The lowest BCUT2D eigenvalue weighted by atomic mass is 9.40. The van der Waals surface area contributed by atoms with Gasteiger partial charge < -0.3 is 0 Å². The van der Waals surface area contributed by atoms with Crippen LogP contribution in [-0.2, 0) is 0 Å². The van der Waals surface area contributed by atoms with Crippen LogP contribution in [0.15, 0.2) is 69.9 Å². The summed E-state index contributed by atoms with van der Waals surface area (Å²) in [7, 11) is 0. The van der Waals surface area contributed by atoms with Gasteiger partial charge in [-0.2, -0.15) is 0 Å². The predicted octanol–water partition coefficient (Wildman–Crippen LogP) is 6.46. The fourth-order valence-corrected chi connectivity index (χ4v) is 6.57. The van der Waals surface area contributed by atoms with Gasteiger partial charge in [0.05, 0.1) is 0 Å². The number of rotatable bonds is 0. The second-order valence-electron chi connectivity index (χ2n) is 8.97. The van der Waals surface area contributed by atoms with Crippen LogP contribution in [0, 0.1) is 22.7 Å². The van der Waals surface area contributed by atoms with Gasteiger partial charge in [-0.25, -0.2) is 0 Å². The Morgan fingerprint density at radius 1 is 0.708 bits per heavy atom. The first-order chi connectivity index (χ1) is 11.5. The van der Waals surface area contributed by atoms with E-state index in [1.807, 2.05) is 0 Å². The third-order valence-electron chi connectivity index (χ3n) is 7.85. The number of allylic oxidation sites excluding steroid dienone is 12. The standard InChI is InChI=1S/C24H28/c1-15-11-17-9-10-18-12-16(2)14-22-20-8-6-5-7-19(20)21(13-15)23(17,3)24(18,22)4/h9-14,19-20H,5-8H2,1-4H3. The van der Waals surface area contributed by atoms with Crippen LogP contribution < -0.4 is 0 Å². The summed E-state index contributed by atoms with van der Waals surface area (Å²) in [4.78, 5) is 0. The molecule has 0 amide bonds. The lowest BCUT2D eigenvalue weighted by Crippen LogP contribution is -2.54. The average Bonchev–Trinajstić information content (AvgIpc) is 2.55. The van der Waals surface area contributed by atoms with E-state index in [-0.39, 0.29) is 10.8 Å². The second-order valence-corrected chi connectivity index (χ2v) is 8.97. The zero-order chi connectivity index (χ0) is 16.7. The zero-order valence-corrected chi connectivity index (χ0v) is 15.4. The fourth-order valence-electron chi connectivity index (χ4n) is 6.57. The molecule has 0 aliphatic heterocycles. The first-order valence-electron chi connectivity index (χ1n) is 9.70. The molecule has 0 heteroatoms. The highest BCUT2D eigenvalue weighted by Crippen LogP contribution is 2.71. The first-order valence-corrected chi connectivity index (χ1v) is 9.70. The monoisotopic (exact) mass is 316 g/mol. The van der Waals surface area contributed by atoms with E-state index in [1.165, 1.54) is 48.0 Å². The third-order valence-corrected chi connectivity index (χ3v) is 7.85. The van der Waals surface area contributed by atoms with Crippen molar-refractivity contribution in [3.8, 4) is 0 Å². The van der Waals surface area contributed by atoms with Gasteiger partial charge in [0.25, 0.3) is 0 Å². The van der Waals surface area contributed by atoms with Crippen LogP contribution in [0.2, 0.25) is 0 Å². The molecular formula is C24H28. The maximum atomic E-state index is 2.55. The molecule has 0 radical (unpaired) electrons. The lowest BCUT2D eigenvalue weighted by Gasteiger charge is -2.63. The molecule has 0 nitrogen and oxygen atoms in total. The molecule has 4 atom stereocenters. The molecule has 124 valence electrons. The van der Waals surface area contributed by atoms with Crippen molar-refractivity contribution in [3.05, 3.63) is 69.9 Å². The maximum absolute atomic E-state index is 2.55. The summed E-state index contributed by atoms with van der Waals surface area (Å²) in [6, 6.07) is 0. The Kier molecular flexibility index (Phi) is 2.79. The Morgan fingerprint density at radius 2 is 1.12 bits per heavy atom. The molecule has 2 saturated carbocycles. The summed E-state index contributed by atoms with van der Waals surface area (Å²) in [5.74, 6) is 1.50. The smallest absolute Gasteiger partial charge is 0.0271 e. The van der Waals surface area contributed by atoms with Gasteiger partial charge in [-0.3, -0.25) is 0 Å². The molecular weight excluding hydrogens is 288 g/mol. The number of fused-ring (bicyclic) bond motifs is 3. The topological polar surface area (TPSA) is 0 Å². The molecule has 0 spiro atoms. The van der Waals surface area contributed by atoms with Gasteiger partial charge in [-0.05, 0) is 49.7 Å². The van der Waals surface area contributed by atoms with Crippen molar-refractivity contribution in [1.29, 1.82) is 0 Å². The van der Waals surface area contributed by atoms with E-state index in [9.17, 15) is 0 Å². The van der Waals surface area contributed by atoms with Gasteiger partial charge in [0.2, 0.25) is 0 Å². The normalized spacial score (nSPS) is 42.5. The van der Waals surface area contributed by atoms with Crippen molar-refractivity contribution in [2.24, 2.45) is 22.7 Å². The Hall–Kier alpha value is -1.56. The van der Waals surface area contributed by atoms with Gasteiger partial charge in [0.15, 0.2) is 0 Å². The molecule has 0 N–H and O–H groups in total. The largest absolute Gasteiger partial charge is 0.0589 e. The van der Waals surface area contributed by atoms with Gasteiger partial charge in [-0.15, -0.1) is 0 Å². The predicted molar refractivity (Wildman–Crippen MR) is 102 cm³/mol. The summed E-state index contributed by atoms with van der Waals surface area (Å²) >= 11 is 0. The molecule has 0 saturated heterocycles. The molecule has 24 heavy (non-hydrogen) atoms. The van der Waals surface area contributed by atoms with Gasteiger partial charge in [0.1, 0.15) is 0 Å². The van der Waals surface area contributed by atoms with E-state index >= 15 is 0 Å². The van der Waals surface area contributed by atoms with Crippen molar-refractivity contribution in [1.82, 2.24) is 0 Å². The molecule has 0 heterocycles. The van der Waals surface area contributed by atoms with E-state index in [1.54, 1.807) is 11.1 Å². The summed E-state index contributed by atoms with van der Waals surface area (Å²) in [6.45, 7) is 9.63. The van der Waals surface area contributed by atoms with E-state index < -0.39 is 0 Å². The Bertz CT molecular complexity index is 752. The number of hydrogen-bond acceptors (Lipinski definition) is 0.